The molecule has 2 aromatic carbocycles. The number of nitrogens with one attached hydrogen (secondary N) is 1. The molecule has 8 heteroatoms. The molecule has 4 aromatic rings. The molecule has 0 aliphatic carbocycles. The number of aromatic nitrogens is 5. The van der Waals surface area contributed by atoms with Crippen molar-refractivity contribution >= 4 is 27.8 Å². The van der Waals surface area contributed by atoms with Gasteiger partial charge in [0.1, 0.15) is 5.52 Å². The second-order valence-corrected chi connectivity index (χ2v) is 7.69. The summed E-state index contributed by atoms with van der Waals surface area (Å²) in [6, 6.07) is 14.8. The van der Waals surface area contributed by atoms with Crippen molar-refractivity contribution in [3.63, 3.8) is 0 Å². The highest BCUT2D eigenvalue weighted by Gasteiger charge is 2.19. The van der Waals surface area contributed by atoms with E-state index in [0.717, 1.165) is 11.0 Å². The number of hydrogen-bond acceptors (Lipinski definition) is 5. The van der Waals surface area contributed by atoms with Gasteiger partial charge in [0.25, 0.3) is 5.56 Å². The van der Waals surface area contributed by atoms with Crippen molar-refractivity contribution in [1.82, 2.24) is 29.9 Å². The van der Waals surface area contributed by atoms with Gasteiger partial charge in [0.2, 0.25) is 5.91 Å². The molecule has 0 spiro atoms. The number of hydrogen-bond donors (Lipinski definition) is 1. The van der Waals surface area contributed by atoms with Gasteiger partial charge in [-0.15, -0.1) is 5.10 Å². The normalized spacial score (nSPS) is 12.5. The van der Waals surface area contributed by atoms with Crippen molar-refractivity contribution in [2.75, 3.05) is 0 Å². The highest BCUT2D eigenvalue weighted by molar-refractivity contribution is 5.78. The molecule has 1 N–H and O–H groups in total. The van der Waals surface area contributed by atoms with Gasteiger partial charge in [-0.1, -0.05) is 43.3 Å². The molecule has 0 bridgehead atoms. The summed E-state index contributed by atoms with van der Waals surface area (Å²) in [4.78, 5) is 29.5. The fraction of sp³-hybridized carbons (Fsp3) is 0.318. The van der Waals surface area contributed by atoms with E-state index < -0.39 is 0 Å². The minimum atomic E-state index is -0.136. The van der Waals surface area contributed by atoms with Crippen LogP contribution in [0.5, 0.6) is 0 Å². The Balaban J connectivity index is 1.43. The van der Waals surface area contributed by atoms with E-state index in [-0.39, 0.29) is 36.4 Å². The smallest absolute Gasteiger partial charge is 0.261 e. The van der Waals surface area contributed by atoms with Crippen LogP contribution in [0.1, 0.15) is 20.3 Å². The first-order valence-electron chi connectivity index (χ1n) is 10.0. The number of carbonyl (C=O) groups is 1. The van der Waals surface area contributed by atoms with Gasteiger partial charge in [0, 0.05) is 13.0 Å². The third kappa shape index (κ3) is 4.07. The topological polar surface area (TPSA) is 94.7 Å². The number of para-hydroxylation sites is 2. The van der Waals surface area contributed by atoms with E-state index in [4.69, 9.17) is 0 Å². The molecule has 8 nitrogen and oxygen atoms in total. The lowest BCUT2D eigenvalue weighted by Crippen LogP contribution is -2.42. The molecule has 0 unspecified atom stereocenters. The monoisotopic (exact) mass is 404 g/mol. The van der Waals surface area contributed by atoms with E-state index >= 15 is 0 Å². The molecule has 0 fully saturated rings. The number of carbonyl (C=O) groups excluding carboxylic acids is 1. The summed E-state index contributed by atoms with van der Waals surface area (Å²) < 4.78 is 3.30. The second kappa shape index (κ2) is 8.44. The maximum Gasteiger partial charge on any atom is 0.261 e. The van der Waals surface area contributed by atoms with E-state index in [1.54, 1.807) is 12.1 Å². The molecule has 0 saturated heterocycles. The fourth-order valence-electron chi connectivity index (χ4n) is 3.43. The summed E-state index contributed by atoms with van der Waals surface area (Å²) in [5.41, 5.74) is 2.28. The summed E-state index contributed by atoms with van der Waals surface area (Å²) in [6.07, 6.45) is 1.70. The molecule has 1 amide bonds. The first kappa shape index (κ1) is 19.8. The van der Waals surface area contributed by atoms with Gasteiger partial charge >= 0.3 is 0 Å². The summed E-state index contributed by atoms with van der Waals surface area (Å²) in [7, 11) is 0. The van der Waals surface area contributed by atoms with Crippen LogP contribution in [0.4, 0.5) is 0 Å². The Kier molecular flexibility index (Phi) is 5.56. The van der Waals surface area contributed by atoms with E-state index in [2.05, 4.69) is 34.5 Å². The molecule has 0 aliphatic heterocycles. The molecule has 0 saturated carbocycles. The van der Waals surface area contributed by atoms with E-state index in [1.165, 1.54) is 10.9 Å². The molecule has 154 valence electrons. The first-order chi connectivity index (χ1) is 14.5. The van der Waals surface area contributed by atoms with Crippen LogP contribution in [0.2, 0.25) is 0 Å². The van der Waals surface area contributed by atoms with Gasteiger partial charge in [0.15, 0.2) is 0 Å². The number of benzene rings is 2. The predicted molar refractivity (Wildman–Crippen MR) is 115 cm³/mol. The summed E-state index contributed by atoms with van der Waals surface area (Å²) in [6.45, 7) is 4.92. The third-order valence-corrected chi connectivity index (χ3v) is 5.25. The molecular weight excluding hydrogens is 380 g/mol. The molecular formula is C22H24N6O2. The highest BCUT2D eigenvalue weighted by Crippen LogP contribution is 2.13. The molecule has 2 aromatic heterocycles. The Morgan fingerprint density at radius 2 is 1.80 bits per heavy atom. The van der Waals surface area contributed by atoms with Crippen molar-refractivity contribution in [2.45, 2.75) is 39.4 Å². The van der Waals surface area contributed by atoms with Crippen molar-refractivity contribution in [1.29, 1.82) is 0 Å². The molecule has 0 aliphatic rings. The number of rotatable bonds is 7. The second-order valence-electron chi connectivity index (χ2n) is 7.69. The Morgan fingerprint density at radius 3 is 2.60 bits per heavy atom. The lowest BCUT2D eigenvalue weighted by Gasteiger charge is -2.22. The Morgan fingerprint density at radius 1 is 1.07 bits per heavy atom. The molecule has 30 heavy (non-hydrogen) atoms. The minimum Gasteiger partial charge on any atom is -0.351 e. The zero-order chi connectivity index (χ0) is 21.1. The van der Waals surface area contributed by atoms with Crippen LogP contribution in [0.3, 0.4) is 0 Å². The van der Waals surface area contributed by atoms with E-state index in [1.807, 2.05) is 41.1 Å². The molecule has 1 atom stereocenters. The Hall–Kier alpha value is -3.55. The minimum absolute atomic E-state index is 0.103. The van der Waals surface area contributed by atoms with E-state index in [0.29, 0.717) is 17.4 Å². The van der Waals surface area contributed by atoms with Crippen molar-refractivity contribution < 1.29 is 4.79 Å². The van der Waals surface area contributed by atoms with Crippen LogP contribution in [-0.4, -0.2) is 36.5 Å². The standard InChI is InChI=1S/C22H24N6O2/c1-15(2)19(13-28-20-10-6-5-9-18(20)25-26-28)24-21(29)11-12-27-14-23-17-8-4-3-7-16(17)22(27)30/h3-10,14-15,19H,11-13H2,1-2H3,(H,24,29)/t19-/m0/s1. The van der Waals surface area contributed by atoms with Gasteiger partial charge in [0.05, 0.1) is 35.3 Å². The number of amides is 1. The van der Waals surface area contributed by atoms with Crippen molar-refractivity contribution in [2.24, 2.45) is 5.92 Å². The SMILES string of the molecule is CC(C)[C@H](Cn1nnc2ccccc21)NC(=O)CCn1cnc2ccccc2c1=O. The molecule has 2 heterocycles. The zero-order valence-electron chi connectivity index (χ0n) is 17.0. The number of fused-ring (bicyclic) bond motifs is 2. The van der Waals surface area contributed by atoms with Crippen molar-refractivity contribution in [3.05, 3.63) is 65.2 Å². The van der Waals surface area contributed by atoms with Gasteiger partial charge < -0.3 is 5.32 Å². The van der Waals surface area contributed by atoms with Crippen molar-refractivity contribution in [3.8, 4) is 0 Å². The summed E-state index contributed by atoms with van der Waals surface area (Å²) in [5.74, 6) is 0.0974. The maximum atomic E-state index is 12.6. The van der Waals surface area contributed by atoms with Crippen LogP contribution in [0, 0.1) is 5.92 Å². The average molecular weight is 404 g/mol. The zero-order valence-corrected chi connectivity index (χ0v) is 17.0. The van der Waals surface area contributed by atoms with Gasteiger partial charge in [-0.25, -0.2) is 9.67 Å². The molecule has 4 rings (SSSR count). The van der Waals surface area contributed by atoms with Gasteiger partial charge in [-0.2, -0.15) is 0 Å². The third-order valence-electron chi connectivity index (χ3n) is 5.25. The van der Waals surface area contributed by atoms with Crippen LogP contribution in [0.15, 0.2) is 59.7 Å². The Labute approximate surface area is 173 Å². The Bertz CT molecular complexity index is 1240. The molecule has 0 radical (unpaired) electrons. The van der Waals surface area contributed by atoms with Gasteiger partial charge in [-0.3, -0.25) is 14.2 Å². The highest BCUT2D eigenvalue weighted by atomic mass is 16.2. The van der Waals surface area contributed by atoms with Gasteiger partial charge in [-0.05, 0) is 30.2 Å². The van der Waals surface area contributed by atoms with Crippen LogP contribution < -0.4 is 10.9 Å². The number of aryl methyl sites for hydroxylation is 1. The lowest BCUT2D eigenvalue weighted by atomic mass is 10.0. The van der Waals surface area contributed by atoms with Crippen LogP contribution in [0.25, 0.3) is 21.9 Å². The largest absolute Gasteiger partial charge is 0.351 e. The predicted octanol–water partition coefficient (Wildman–Crippen LogP) is 2.37. The van der Waals surface area contributed by atoms with Crippen LogP contribution >= 0.6 is 0 Å². The number of nitrogens with zero attached hydrogens (tertiary/aromatic N) is 5. The first-order valence-corrected chi connectivity index (χ1v) is 10.0. The fourth-order valence-corrected chi connectivity index (χ4v) is 3.43. The average Bonchev–Trinajstić information content (AvgIpc) is 3.16. The summed E-state index contributed by atoms with van der Waals surface area (Å²) in [5, 5.41) is 12.0. The quantitative estimate of drug-likeness (QED) is 0.510. The lowest BCUT2D eigenvalue weighted by molar-refractivity contribution is -0.122. The van der Waals surface area contributed by atoms with Crippen LogP contribution in [-0.2, 0) is 17.9 Å². The van der Waals surface area contributed by atoms with E-state index in [9.17, 15) is 9.59 Å². The summed E-state index contributed by atoms with van der Waals surface area (Å²) >= 11 is 0. The maximum absolute atomic E-state index is 12.6.